The summed E-state index contributed by atoms with van der Waals surface area (Å²) in [4.78, 5) is 20.4. The zero-order valence-corrected chi connectivity index (χ0v) is 18.8. The summed E-state index contributed by atoms with van der Waals surface area (Å²) in [5.41, 5.74) is -0.411. The molecule has 3 rings (SSSR count). The van der Waals surface area contributed by atoms with Gasteiger partial charge in [0.1, 0.15) is 5.82 Å². The lowest BCUT2D eigenvalue weighted by Gasteiger charge is -2.35. The SMILES string of the molecule is COc1cc(C(=O)N2CCN(c3ccc(C(F)(F)F)cn3)CC2)cc(Cl)c1OCC(C)C. The molecule has 0 N–H and O–H groups in total. The van der Waals surface area contributed by atoms with Crippen LogP contribution in [0, 0.1) is 5.92 Å². The van der Waals surface area contributed by atoms with Gasteiger partial charge in [-0.1, -0.05) is 25.4 Å². The largest absolute Gasteiger partial charge is 0.493 e. The fraction of sp³-hybridized carbons (Fsp3) is 0.455. The second-order valence-electron chi connectivity index (χ2n) is 7.88. The molecule has 0 radical (unpaired) electrons. The van der Waals surface area contributed by atoms with E-state index < -0.39 is 11.7 Å². The van der Waals surface area contributed by atoms with Crippen molar-refractivity contribution in [3.8, 4) is 11.5 Å². The summed E-state index contributed by atoms with van der Waals surface area (Å²) in [7, 11) is 1.48. The monoisotopic (exact) mass is 471 g/mol. The maximum atomic E-state index is 13.0. The van der Waals surface area contributed by atoms with E-state index in [1.54, 1.807) is 17.0 Å². The third-order valence-corrected chi connectivity index (χ3v) is 5.28. The third kappa shape index (κ3) is 5.56. The molecule has 0 atom stereocenters. The number of nitrogens with zero attached hydrogens (tertiary/aromatic N) is 3. The van der Waals surface area contributed by atoms with Gasteiger partial charge in [-0.05, 0) is 30.2 Å². The van der Waals surface area contributed by atoms with Crippen molar-refractivity contribution in [1.29, 1.82) is 0 Å². The number of piperazine rings is 1. The highest BCUT2D eigenvalue weighted by Gasteiger charge is 2.31. The topological polar surface area (TPSA) is 54.9 Å². The molecule has 2 aromatic rings. The Labute approximate surface area is 189 Å². The van der Waals surface area contributed by atoms with E-state index in [1.165, 1.54) is 13.2 Å². The number of aromatic nitrogens is 1. The predicted molar refractivity (Wildman–Crippen MR) is 116 cm³/mol. The lowest BCUT2D eigenvalue weighted by atomic mass is 10.1. The van der Waals surface area contributed by atoms with Crippen LogP contribution in [0.25, 0.3) is 0 Å². The zero-order valence-electron chi connectivity index (χ0n) is 18.1. The lowest BCUT2D eigenvalue weighted by molar-refractivity contribution is -0.137. The molecule has 1 saturated heterocycles. The Morgan fingerprint density at radius 2 is 1.88 bits per heavy atom. The van der Waals surface area contributed by atoms with E-state index in [0.717, 1.165) is 12.3 Å². The lowest BCUT2D eigenvalue weighted by Crippen LogP contribution is -2.49. The average Bonchev–Trinajstić information content (AvgIpc) is 2.76. The van der Waals surface area contributed by atoms with Crippen molar-refractivity contribution in [1.82, 2.24) is 9.88 Å². The zero-order chi connectivity index (χ0) is 23.5. The van der Waals surface area contributed by atoms with Crippen LogP contribution < -0.4 is 14.4 Å². The van der Waals surface area contributed by atoms with Crippen LogP contribution in [-0.2, 0) is 6.18 Å². The van der Waals surface area contributed by atoms with Crippen LogP contribution in [-0.4, -0.2) is 55.7 Å². The predicted octanol–water partition coefficient (Wildman–Crippen LogP) is 4.76. The van der Waals surface area contributed by atoms with Crippen LogP contribution in [0.3, 0.4) is 0 Å². The van der Waals surface area contributed by atoms with E-state index in [1.807, 2.05) is 18.7 Å². The van der Waals surface area contributed by atoms with Crippen LogP contribution in [0.5, 0.6) is 11.5 Å². The Morgan fingerprint density at radius 1 is 1.19 bits per heavy atom. The fourth-order valence-electron chi connectivity index (χ4n) is 3.30. The number of benzene rings is 1. The van der Waals surface area contributed by atoms with Crippen molar-refractivity contribution in [2.75, 3.05) is 44.8 Å². The van der Waals surface area contributed by atoms with E-state index in [-0.39, 0.29) is 5.91 Å². The third-order valence-electron chi connectivity index (χ3n) is 5.00. The maximum Gasteiger partial charge on any atom is 0.417 e. The molecule has 174 valence electrons. The number of carbonyl (C=O) groups is 1. The number of pyridine rings is 1. The van der Waals surface area contributed by atoms with Gasteiger partial charge in [0.05, 0.1) is 24.3 Å². The first-order valence-corrected chi connectivity index (χ1v) is 10.6. The summed E-state index contributed by atoms with van der Waals surface area (Å²) in [5, 5.41) is 0.293. The molecule has 0 unspecified atom stereocenters. The molecule has 1 fully saturated rings. The van der Waals surface area contributed by atoms with Crippen LogP contribution >= 0.6 is 11.6 Å². The summed E-state index contributed by atoms with van der Waals surface area (Å²) < 4.78 is 49.3. The highest BCUT2D eigenvalue weighted by atomic mass is 35.5. The van der Waals surface area contributed by atoms with Crippen molar-refractivity contribution in [2.45, 2.75) is 20.0 Å². The Hall–Kier alpha value is -2.68. The van der Waals surface area contributed by atoms with Gasteiger partial charge in [-0.2, -0.15) is 13.2 Å². The van der Waals surface area contributed by atoms with E-state index in [2.05, 4.69) is 4.98 Å². The first-order chi connectivity index (χ1) is 15.1. The number of ether oxygens (including phenoxy) is 2. The van der Waals surface area contributed by atoms with Crippen LogP contribution in [0.1, 0.15) is 29.8 Å². The first-order valence-electron chi connectivity index (χ1n) is 10.2. The Balaban J connectivity index is 1.67. The summed E-state index contributed by atoms with van der Waals surface area (Å²) in [5.74, 6) is 1.32. The fourth-order valence-corrected chi connectivity index (χ4v) is 3.56. The average molecular weight is 472 g/mol. The molecular formula is C22H25ClF3N3O3. The summed E-state index contributed by atoms with van der Waals surface area (Å²) in [6.07, 6.45) is -3.60. The summed E-state index contributed by atoms with van der Waals surface area (Å²) in [6, 6.07) is 5.53. The molecule has 0 aliphatic carbocycles. The molecule has 10 heteroatoms. The maximum absolute atomic E-state index is 13.0. The number of hydrogen-bond acceptors (Lipinski definition) is 5. The number of methoxy groups -OCH3 is 1. The number of amides is 1. The van der Waals surface area contributed by atoms with Gasteiger partial charge in [0.2, 0.25) is 0 Å². The Morgan fingerprint density at radius 3 is 2.41 bits per heavy atom. The second-order valence-corrected chi connectivity index (χ2v) is 8.28. The van der Waals surface area contributed by atoms with Crippen molar-refractivity contribution in [3.05, 3.63) is 46.6 Å². The molecule has 0 bridgehead atoms. The van der Waals surface area contributed by atoms with E-state index in [4.69, 9.17) is 21.1 Å². The number of halogens is 4. The number of rotatable bonds is 6. The van der Waals surface area contributed by atoms with E-state index in [9.17, 15) is 18.0 Å². The smallest absolute Gasteiger partial charge is 0.417 e. The van der Waals surface area contributed by atoms with Crippen molar-refractivity contribution >= 4 is 23.3 Å². The minimum atomic E-state index is -4.42. The minimum absolute atomic E-state index is 0.208. The number of carbonyl (C=O) groups excluding carboxylic acids is 1. The number of anilines is 1. The number of hydrogen-bond donors (Lipinski definition) is 0. The molecule has 2 heterocycles. The van der Waals surface area contributed by atoms with Gasteiger partial charge < -0.3 is 19.3 Å². The highest BCUT2D eigenvalue weighted by molar-refractivity contribution is 6.32. The Kier molecular flexibility index (Phi) is 7.38. The molecule has 32 heavy (non-hydrogen) atoms. The molecular weight excluding hydrogens is 447 g/mol. The van der Waals surface area contributed by atoms with E-state index >= 15 is 0 Å². The molecule has 1 aromatic heterocycles. The van der Waals surface area contributed by atoms with Gasteiger partial charge in [-0.25, -0.2) is 4.98 Å². The van der Waals surface area contributed by atoms with Crippen LogP contribution in [0.15, 0.2) is 30.5 Å². The van der Waals surface area contributed by atoms with E-state index in [0.29, 0.717) is 66.6 Å². The first kappa shape index (κ1) is 24.0. The second kappa shape index (κ2) is 9.85. The molecule has 1 aliphatic rings. The summed E-state index contributed by atoms with van der Waals surface area (Å²) >= 11 is 6.36. The van der Waals surface area contributed by atoms with Gasteiger partial charge in [-0.3, -0.25) is 4.79 Å². The molecule has 1 aliphatic heterocycles. The van der Waals surface area contributed by atoms with Crippen LogP contribution in [0.4, 0.5) is 19.0 Å². The standard InChI is InChI=1S/C22H25ClF3N3O3/c1-14(2)13-32-20-17(23)10-15(11-18(20)31-3)21(30)29-8-6-28(7-9-29)19-5-4-16(12-27-19)22(24,25)26/h4-5,10-12,14H,6-9,13H2,1-3H3. The van der Waals surface area contributed by atoms with Crippen molar-refractivity contribution < 1.29 is 27.4 Å². The van der Waals surface area contributed by atoms with Gasteiger partial charge in [0, 0.05) is 37.9 Å². The molecule has 0 spiro atoms. The van der Waals surface area contributed by atoms with Gasteiger partial charge in [-0.15, -0.1) is 0 Å². The minimum Gasteiger partial charge on any atom is -0.493 e. The van der Waals surface area contributed by atoms with Crippen molar-refractivity contribution in [2.24, 2.45) is 5.92 Å². The highest BCUT2D eigenvalue weighted by Crippen LogP contribution is 2.37. The molecule has 0 saturated carbocycles. The molecule has 1 amide bonds. The molecule has 1 aromatic carbocycles. The van der Waals surface area contributed by atoms with Gasteiger partial charge in [0.15, 0.2) is 11.5 Å². The van der Waals surface area contributed by atoms with Crippen molar-refractivity contribution in [3.63, 3.8) is 0 Å². The Bertz CT molecular complexity index is 944. The van der Waals surface area contributed by atoms with Crippen LogP contribution in [0.2, 0.25) is 5.02 Å². The number of alkyl halides is 3. The normalized spacial score (nSPS) is 14.6. The van der Waals surface area contributed by atoms with Gasteiger partial charge in [0.25, 0.3) is 5.91 Å². The van der Waals surface area contributed by atoms with Gasteiger partial charge >= 0.3 is 6.18 Å². The molecule has 6 nitrogen and oxygen atoms in total. The quantitative estimate of drug-likeness (QED) is 0.608. The summed E-state index contributed by atoms with van der Waals surface area (Å²) in [6.45, 7) is 6.18.